The van der Waals surface area contributed by atoms with Crippen molar-refractivity contribution in [2.45, 2.75) is 6.42 Å². The zero-order chi connectivity index (χ0) is 20.9. The maximum absolute atomic E-state index is 12.7. The van der Waals surface area contributed by atoms with Gasteiger partial charge in [0.05, 0.1) is 18.1 Å². The Kier molecular flexibility index (Phi) is 5.62. The summed E-state index contributed by atoms with van der Waals surface area (Å²) in [6, 6.07) is 17.2. The van der Waals surface area contributed by atoms with E-state index in [1.165, 1.54) is 6.08 Å². The summed E-state index contributed by atoms with van der Waals surface area (Å²) in [5.41, 5.74) is 3.28. The molecule has 0 saturated carbocycles. The highest BCUT2D eigenvalue weighted by molar-refractivity contribution is 5.92. The molecular weight excluding hydrogens is 376 g/mol. The van der Waals surface area contributed by atoms with Crippen molar-refractivity contribution in [3.63, 3.8) is 0 Å². The van der Waals surface area contributed by atoms with Crippen LogP contribution in [0.25, 0.3) is 17.0 Å². The van der Waals surface area contributed by atoms with Gasteiger partial charge < -0.3 is 14.8 Å². The Balaban J connectivity index is 1.33. The molecular formula is C24H22N4O2. The molecule has 1 aromatic heterocycles. The fourth-order valence-electron chi connectivity index (χ4n) is 3.74. The van der Waals surface area contributed by atoms with E-state index in [1.54, 1.807) is 23.1 Å². The number of para-hydroxylation sites is 1. The summed E-state index contributed by atoms with van der Waals surface area (Å²) in [5, 5.41) is 10.2. The van der Waals surface area contributed by atoms with Gasteiger partial charge in [0.15, 0.2) is 0 Å². The Morgan fingerprint density at radius 3 is 2.50 bits per heavy atom. The van der Waals surface area contributed by atoms with Crippen LogP contribution in [0, 0.1) is 11.3 Å². The third-order valence-electron chi connectivity index (χ3n) is 5.45. The van der Waals surface area contributed by atoms with Gasteiger partial charge in [0, 0.05) is 49.4 Å². The number of aromatic nitrogens is 1. The number of carbonyl (C=O) groups excluding carboxylic acids is 2. The lowest BCUT2D eigenvalue weighted by atomic mass is 10.1. The summed E-state index contributed by atoms with van der Waals surface area (Å²) in [5.74, 6) is -0.0307. The highest BCUT2D eigenvalue weighted by atomic mass is 16.2. The highest BCUT2D eigenvalue weighted by Crippen LogP contribution is 2.19. The average Bonchev–Trinajstić information content (AvgIpc) is 3.20. The fraction of sp³-hybridized carbons (Fsp3) is 0.208. The van der Waals surface area contributed by atoms with Crippen LogP contribution < -0.4 is 0 Å². The minimum atomic E-state index is -0.105. The Morgan fingerprint density at radius 1 is 1.00 bits per heavy atom. The first kappa shape index (κ1) is 19.5. The Hall–Kier alpha value is -3.85. The molecule has 0 atom stereocenters. The van der Waals surface area contributed by atoms with E-state index in [9.17, 15) is 9.59 Å². The number of aromatic amines is 1. The minimum Gasteiger partial charge on any atom is -0.361 e. The van der Waals surface area contributed by atoms with Crippen LogP contribution in [0.3, 0.4) is 0 Å². The second-order valence-electron chi connectivity index (χ2n) is 7.27. The lowest BCUT2D eigenvalue weighted by Crippen LogP contribution is -2.50. The number of nitrogens with zero attached hydrogens (tertiary/aromatic N) is 3. The number of benzene rings is 2. The molecule has 0 spiro atoms. The van der Waals surface area contributed by atoms with Crippen molar-refractivity contribution in [3.05, 3.63) is 77.5 Å². The summed E-state index contributed by atoms with van der Waals surface area (Å²) >= 11 is 0. The maximum atomic E-state index is 12.7. The minimum absolute atomic E-state index is 0.0744. The Morgan fingerprint density at radius 2 is 1.70 bits per heavy atom. The Bertz CT molecular complexity index is 1150. The van der Waals surface area contributed by atoms with E-state index in [1.807, 2.05) is 47.5 Å². The molecule has 0 bridgehead atoms. The van der Waals surface area contributed by atoms with Crippen LogP contribution in [0.2, 0.25) is 0 Å². The molecule has 3 aromatic rings. The van der Waals surface area contributed by atoms with Crippen LogP contribution >= 0.6 is 0 Å². The van der Waals surface area contributed by atoms with Gasteiger partial charge in [-0.05, 0) is 29.3 Å². The SMILES string of the molecule is N#Cc1ccccc1/C=C/C(=O)N1CCN(C(=O)Cc2c[nH]c3ccccc23)CC1. The van der Waals surface area contributed by atoms with Crippen LogP contribution in [-0.4, -0.2) is 52.8 Å². The van der Waals surface area contributed by atoms with Crippen LogP contribution in [0.4, 0.5) is 0 Å². The van der Waals surface area contributed by atoms with E-state index in [-0.39, 0.29) is 11.8 Å². The van der Waals surface area contributed by atoms with Crippen molar-refractivity contribution in [3.8, 4) is 6.07 Å². The number of piperazine rings is 1. The molecule has 150 valence electrons. The van der Waals surface area contributed by atoms with Crippen LogP contribution in [0.1, 0.15) is 16.7 Å². The third kappa shape index (κ3) is 4.11. The quantitative estimate of drug-likeness (QED) is 0.686. The van der Waals surface area contributed by atoms with E-state index in [2.05, 4.69) is 11.1 Å². The normalized spacial score (nSPS) is 14.2. The van der Waals surface area contributed by atoms with Gasteiger partial charge in [-0.25, -0.2) is 0 Å². The second-order valence-corrected chi connectivity index (χ2v) is 7.27. The van der Waals surface area contributed by atoms with Crippen molar-refractivity contribution >= 4 is 28.8 Å². The molecule has 6 heteroatoms. The second kappa shape index (κ2) is 8.66. The molecule has 1 aliphatic heterocycles. The van der Waals surface area contributed by atoms with Gasteiger partial charge in [-0.3, -0.25) is 9.59 Å². The lowest BCUT2D eigenvalue weighted by Gasteiger charge is -2.34. The lowest BCUT2D eigenvalue weighted by molar-refractivity contribution is -0.136. The van der Waals surface area contributed by atoms with Crippen LogP contribution in [0.5, 0.6) is 0 Å². The number of amides is 2. The molecule has 2 amide bonds. The van der Waals surface area contributed by atoms with Gasteiger partial charge in [0.2, 0.25) is 11.8 Å². The maximum Gasteiger partial charge on any atom is 0.246 e. The monoisotopic (exact) mass is 398 g/mol. The summed E-state index contributed by atoms with van der Waals surface area (Å²) in [6.07, 6.45) is 5.42. The topological polar surface area (TPSA) is 80.2 Å². The van der Waals surface area contributed by atoms with Gasteiger partial charge in [-0.15, -0.1) is 0 Å². The number of fused-ring (bicyclic) bond motifs is 1. The first-order chi connectivity index (χ1) is 14.7. The van der Waals surface area contributed by atoms with E-state index in [0.29, 0.717) is 38.2 Å². The number of hydrogen-bond acceptors (Lipinski definition) is 3. The summed E-state index contributed by atoms with van der Waals surface area (Å²) in [7, 11) is 0. The Labute approximate surface area is 175 Å². The number of nitriles is 1. The van der Waals surface area contributed by atoms with Gasteiger partial charge >= 0.3 is 0 Å². The first-order valence-electron chi connectivity index (χ1n) is 9.94. The number of carbonyl (C=O) groups is 2. The molecule has 1 fully saturated rings. The number of hydrogen-bond donors (Lipinski definition) is 1. The fourth-order valence-corrected chi connectivity index (χ4v) is 3.74. The van der Waals surface area contributed by atoms with E-state index >= 15 is 0 Å². The molecule has 1 saturated heterocycles. The first-order valence-corrected chi connectivity index (χ1v) is 9.94. The zero-order valence-electron chi connectivity index (χ0n) is 16.5. The van der Waals surface area contributed by atoms with E-state index in [0.717, 1.165) is 22.0 Å². The van der Waals surface area contributed by atoms with Gasteiger partial charge in [0.1, 0.15) is 0 Å². The van der Waals surface area contributed by atoms with E-state index in [4.69, 9.17) is 5.26 Å². The van der Waals surface area contributed by atoms with Crippen molar-refractivity contribution in [2.24, 2.45) is 0 Å². The van der Waals surface area contributed by atoms with Crippen molar-refractivity contribution in [2.75, 3.05) is 26.2 Å². The molecule has 0 unspecified atom stereocenters. The molecule has 0 radical (unpaired) electrons. The molecule has 0 aliphatic carbocycles. The molecule has 1 N–H and O–H groups in total. The number of rotatable bonds is 4. The van der Waals surface area contributed by atoms with Gasteiger partial charge in [-0.2, -0.15) is 5.26 Å². The van der Waals surface area contributed by atoms with Gasteiger partial charge in [-0.1, -0.05) is 36.4 Å². The van der Waals surface area contributed by atoms with Crippen molar-refractivity contribution < 1.29 is 9.59 Å². The molecule has 30 heavy (non-hydrogen) atoms. The molecule has 2 heterocycles. The molecule has 2 aromatic carbocycles. The summed E-state index contributed by atoms with van der Waals surface area (Å²) < 4.78 is 0. The molecule has 4 rings (SSSR count). The van der Waals surface area contributed by atoms with Crippen molar-refractivity contribution in [1.82, 2.24) is 14.8 Å². The predicted molar refractivity (Wildman–Crippen MR) is 115 cm³/mol. The molecule has 6 nitrogen and oxygen atoms in total. The van der Waals surface area contributed by atoms with Crippen molar-refractivity contribution in [1.29, 1.82) is 5.26 Å². The largest absolute Gasteiger partial charge is 0.361 e. The van der Waals surface area contributed by atoms with Gasteiger partial charge in [0.25, 0.3) is 0 Å². The highest BCUT2D eigenvalue weighted by Gasteiger charge is 2.23. The summed E-state index contributed by atoms with van der Waals surface area (Å²) in [6.45, 7) is 2.05. The van der Waals surface area contributed by atoms with Crippen LogP contribution in [-0.2, 0) is 16.0 Å². The number of H-pyrrole nitrogens is 1. The zero-order valence-corrected chi connectivity index (χ0v) is 16.5. The van der Waals surface area contributed by atoms with Crippen LogP contribution in [0.15, 0.2) is 60.8 Å². The number of nitrogens with one attached hydrogen (secondary N) is 1. The average molecular weight is 398 g/mol. The summed E-state index contributed by atoms with van der Waals surface area (Å²) in [4.78, 5) is 32.0. The third-order valence-corrected chi connectivity index (χ3v) is 5.45. The smallest absolute Gasteiger partial charge is 0.246 e. The van der Waals surface area contributed by atoms with E-state index < -0.39 is 0 Å². The standard InChI is InChI=1S/C24H22N4O2/c25-16-19-6-2-1-5-18(19)9-10-23(29)27-11-13-28(14-12-27)24(30)15-20-17-26-22-8-4-3-7-21(20)22/h1-10,17,26H,11-15H2/b10-9+. The predicted octanol–water partition coefficient (Wildman–Crippen LogP) is 2.97. The molecule has 1 aliphatic rings.